The Bertz CT molecular complexity index is 610. The molecule has 0 aliphatic carbocycles. The first-order chi connectivity index (χ1) is 9.56. The van der Waals surface area contributed by atoms with Gasteiger partial charge in [-0.25, -0.2) is 4.98 Å². The number of benzene rings is 1. The fraction of sp³-hybridized carbons (Fsp3) is 0.200. The summed E-state index contributed by atoms with van der Waals surface area (Å²) in [5, 5.41) is 3.14. The molecule has 0 atom stereocenters. The van der Waals surface area contributed by atoms with Crippen LogP contribution in [-0.2, 0) is 6.54 Å². The highest BCUT2D eigenvalue weighted by Gasteiger charge is 2.08. The van der Waals surface area contributed by atoms with E-state index in [1.807, 2.05) is 32.3 Å². The van der Waals surface area contributed by atoms with Crippen molar-refractivity contribution in [2.75, 3.05) is 19.4 Å². The second-order valence-corrected chi connectivity index (χ2v) is 4.83. The van der Waals surface area contributed by atoms with E-state index >= 15 is 0 Å². The van der Waals surface area contributed by atoms with Crippen molar-refractivity contribution in [2.24, 2.45) is 5.73 Å². The summed E-state index contributed by atoms with van der Waals surface area (Å²) >= 11 is 0. The third kappa shape index (κ3) is 3.55. The Hall–Kier alpha value is -2.40. The molecule has 1 heterocycles. The molecule has 0 aliphatic rings. The van der Waals surface area contributed by atoms with Gasteiger partial charge in [0.25, 0.3) is 5.91 Å². The second-order valence-electron chi connectivity index (χ2n) is 4.83. The zero-order valence-electron chi connectivity index (χ0n) is 11.6. The van der Waals surface area contributed by atoms with Gasteiger partial charge < -0.3 is 16.0 Å². The smallest absolute Gasteiger partial charge is 0.252 e. The number of primary amides is 1. The maximum Gasteiger partial charge on any atom is 0.252 e. The summed E-state index contributed by atoms with van der Waals surface area (Å²) in [6.07, 6.45) is 1.62. The molecular formula is C15H18N4O. The van der Waals surface area contributed by atoms with E-state index in [0.717, 1.165) is 12.2 Å². The third-order valence-electron chi connectivity index (χ3n) is 2.76. The van der Waals surface area contributed by atoms with Gasteiger partial charge in [0.15, 0.2) is 0 Å². The van der Waals surface area contributed by atoms with Crippen LogP contribution in [0.2, 0.25) is 0 Å². The number of nitrogens with one attached hydrogen (secondary N) is 1. The number of rotatable bonds is 5. The quantitative estimate of drug-likeness (QED) is 0.871. The van der Waals surface area contributed by atoms with E-state index < -0.39 is 5.91 Å². The molecule has 104 valence electrons. The van der Waals surface area contributed by atoms with E-state index in [0.29, 0.717) is 11.4 Å². The van der Waals surface area contributed by atoms with Crippen LogP contribution in [0.15, 0.2) is 42.6 Å². The molecule has 5 heteroatoms. The molecule has 1 aromatic carbocycles. The van der Waals surface area contributed by atoms with Crippen molar-refractivity contribution < 1.29 is 4.79 Å². The number of hydrogen-bond donors (Lipinski definition) is 2. The van der Waals surface area contributed by atoms with Crippen LogP contribution >= 0.6 is 0 Å². The average Bonchev–Trinajstić information content (AvgIpc) is 2.38. The van der Waals surface area contributed by atoms with Gasteiger partial charge in [-0.3, -0.25) is 4.79 Å². The van der Waals surface area contributed by atoms with Crippen LogP contribution in [-0.4, -0.2) is 29.9 Å². The number of amides is 1. The van der Waals surface area contributed by atoms with Crippen molar-refractivity contribution >= 4 is 17.4 Å². The third-order valence-corrected chi connectivity index (χ3v) is 2.76. The molecule has 2 rings (SSSR count). The predicted molar refractivity (Wildman–Crippen MR) is 79.9 cm³/mol. The van der Waals surface area contributed by atoms with E-state index in [1.165, 1.54) is 5.56 Å². The molecule has 0 unspecified atom stereocenters. The van der Waals surface area contributed by atoms with Crippen LogP contribution in [0.3, 0.4) is 0 Å². The van der Waals surface area contributed by atoms with Gasteiger partial charge in [0.2, 0.25) is 0 Å². The number of nitrogens with two attached hydrogens (primary N) is 1. The zero-order valence-corrected chi connectivity index (χ0v) is 11.6. The number of carbonyl (C=O) groups is 1. The Balaban J connectivity index is 2.24. The van der Waals surface area contributed by atoms with E-state index in [4.69, 9.17) is 5.73 Å². The van der Waals surface area contributed by atoms with Gasteiger partial charge in [0.05, 0.1) is 5.56 Å². The van der Waals surface area contributed by atoms with Gasteiger partial charge in [-0.2, -0.15) is 0 Å². The monoisotopic (exact) mass is 270 g/mol. The first-order valence-electron chi connectivity index (χ1n) is 6.32. The fourth-order valence-electron chi connectivity index (χ4n) is 1.95. The largest absolute Gasteiger partial charge is 0.365 e. The number of aromatic nitrogens is 1. The number of hydrogen-bond acceptors (Lipinski definition) is 4. The lowest BCUT2D eigenvalue weighted by Crippen LogP contribution is -2.14. The highest BCUT2D eigenvalue weighted by molar-refractivity contribution is 5.98. The lowest BCUT2D eigenvalue weighted by molar-refractivity contribution is 0.100. The Morgan fingerprint density at radius 2 is 2.10 bits per heavy atom. The molecule has 1 aromatic heterocycles. The van der Waals surface area contributed by atoms with E-state index in [9.17, 15) is 4.79 Å². The van der Waals surface area contributed by atoms with Crippen LogP contribution in [0.5, 0.6) is 0 Å². The zero-order chi connectivity index (χ0) is 14.5. The van der Waals surface area contributed by atoms with Crippen molar-refractivity contribution in [1.82, 2.24) is 9.88 Å². The van der Waals surface area contributed by atoms with Gasteiger partial charge >= 0.3 is 0 Å². The maximum absolute atomic E-state index is 11.4. The van der Waals surface area contributed by atoms with Crippen molar-refractivity contribution in [3.05, 3.63) is 53.7 Å². The normalized spacial score (nSPS) is 10.6. The van der Waals surface area contributed by atoms with Gasteiger partial charge in [0.1, 0.15) is 5.82 Å². The lowest BCUT2D eigenvalue weighted by atomic mass is 10.2. The molecule has 0 saturated heterocycles. The Morgan fingerprint density at radius 1 is 1.30 bits per heavy atom. The summed E-state index contributed by atoms with van der Waals surface area (Å²) in [6, 6.07) is 11.3. The minimum absolute atomic E-state index is 0.380. The van der Waals surface area contributed by atoms with Gasteiger partial charge in [-0.15, -0.1) is 0 Å². The summed E-state index contributed by atoms with van der Waals surface area (Å²) in [5.41, 5.74) is 7.78. The average molecular weight is 270 g/mol. The van der Waals surface area contributed by atoms with Crippen LogP contribution < -0.4 is 11.1 Å². The summed E-state index contributed by atoms with van der Waals surface area (Å²) in [5.74, 6) is -0.0213. The molecule has 5 nitrogen and oxygen atoms in total. The van der Waals surface area contributed by atoms with Gasteiger partial charge in [-0.05, 0) is 43.9 Å². The number of anilines is 2. The summed E-state index contributed by atoms with van der Waals surface area (Å²) in [6.45, 7) is 0.848. The molecular weight excluding hydrogens is 252 g/mol. The Morgan fingerprint density at radius 3 is 2.80 bits per heavy atom. The highest BCUT2D eigenvalue weighted by atomic mass is 16.1. The molecule has 0 bridgehead atoms. The fourth-order valence-corrected chi connectivity index (χ4v) is 1.95. The number of pyridine rings is 1. The lowest BCUT2D eigenvalue weighted by Gasteiger charge is -2.12. The first kappa shape index (κ1) is 14.0. The Kier molecular flexibility index (Phi) is 4.32. The van der Waals surface area contributed by atoms with Crippen LogP contribution in [0.1, 0.15) is 15.9 Å². The van der Waals surface area contributed by atoms with Crippen LogP contribution in [0, 0.1) is 0 Å². The van der Waals surface area contributed by atoms with Crippen molar-refractivity contribution in [3.8, 4) is 0 Å². The van der Waals surface area contributed by atoms with E-state index in [2.05, 4.69) is 21.3 Å². The molecule has 1 amide bonds. The van der Waals surface area contributed by atoms with Gasteiger partial charge in [0, 0.05) is 18.4 Å². The molecule has 0 spiro atoms. The minimum Gasteiger partial charge on any atom is -0.365 e. The predicted octanol–water partition coefficient (Wildman–Crippen LogP) is 1.99. The highest BCUT2D eigenvalue weighted by Crippen LogP contribution is 2.19. The number of nitrogens with zero attached hydrogens (tertiary/aromatic N) is 2. The molecule has 0 saturated carbocycles. The first-order valence-corrected chi connectivity index (χ1v) is 6.32. The topological polar surface area (TPSA) is 71.2 Å². The van der Waals surface area contributed by atoms with Crippen LogP contribution in [0.25, 0.3) is 0 Å². The minimum atomic E-state index is -0.495. The second kappa shape index (κ2) is 6.16. The van der Waals surface area contributed by atoms with E-state index in [1.54, 1.807) is 18.3 Å². The summed E-state index contributed by atoms with van der Waals surface area (Å²) in [7, 11) is 4.04. The van der Waals surface area contributed by atoms with Crippen molar-refractivity contribution in [1.29, 1.82) is 0 Å². The van der Waals surface area contributed by atoms with Crippen molar-refractivity contribution in [3.63, 3.8) is 0 Å². The van der Waals surface area contributed by atoms with E-state index in [-0.39, 0.29) is 0 Å². The summed E-state index contributed by atoms with van der Waals surface area (Å²) < 4.78 is 0. The molecule has 0 aliphatic heterocycles. The molecule has 2 aromatic rings. The van der Waals surface area contributed by atoms with Crippen molar-refractivity contribution in [2.45, 2.75) is 6.54 Å². The molecule has 3 N–H and O–H groups in total. The van der Waals surface area contributed by atoms with Gasteiger partial charge in [-0.1, -0.05) is 12.1 Å². The number of carbonyl (C=O) groups excluding carboxylic acids is 1. The summed E-state index contributed by atoms with van der Waals surface area (Å²) in [4.78, 5) is 17.6. The maximum atomic E-state index is 11.4. The molecule has 0 fully saturated rings. The Labute approximate surface area is 118 Å². The molecule has 0 radical (unpaired) electrons. The SMILES string of the molecule is CN(C)Cc1cccc(Nc2ncccc2C(N)=O)c1. The molecule has 20 heavy (non-hydrogen) atoms. The standard InChI is InChI=1S/C15H18N4O/c1-19(2)10-11-5-3-6-12(9-11)18-15-13(14(16)20)7-4-8-17-15/h3-9H,10H2,1-2H3,(H2,16,20)(H,17,18). The van der Waals surface area contributed by atoms with Crippen LogP contribution in [0.4, 0.5) is 11.5 Å².